The Morgan fingerprint density at radius 1 is 0.865 bits per heavy atom. The van der Waals surface area contributed by atoms with Crippen molar-refractivity contribution in [3.05, 3.63) is 76.9 Å². The molecule has 0 bridgehead atoms. The number of methoxy groups -OCH3 is 4. The van der Waals surface area contributed by atoms with Crippen molar-refractivity contribution in [2.45, 2.75) is 13.0 Å². The van der Waals surface area contributed by atoms with E-state index in [1.54, 1.807) is 49.4 Å². The molecule has 9 nitrogen and oxygen atoms in total. The summed E-state index contributed by atoms with van der Waals surface area (Å²) in [6.45, 7) is 1.76. The van der Waals surface area contributed by atoms with Crippen LogP contribution < -0.4 is 23.8 Å². The predicted molar refractivity (Wildman–Crippen MR) is 137 cm³/mol. The lowest BCUT2D eigenvalue weighted by molar-refractivity contribution is -0.132. The molecule has 2 N–H and O–H groups in total. The smallest absolute Gasteiger partial charge is 0.300 e. The number of carbonyl (C=O) groups excluding carboxylic acids is 2. The van der Waals surface area contributed by atoms with Gasteiger partial charge in [0.2, 0.25) is 5.75 Å². The van der Waals surface area contributed by atoms with Crippen LogP contribution in [0, 0.1) is 6.92 Å². The van der Waals surface area contributed by atoms with Gasteiger partial charge in [-0.3, -0.25) is 14.5 Å². The van der Waals surface area contributed by atoms with E-state index in [1.807, 2.05) is 0 Å². The highest BCUT2D eigenvalue weighted by molar-refractivity contribution is 6.52. The van der Waals surface area contributed by atoms with Crippen LogP contribution in [0.15, 0.2) is 60.2 Å². The summed E-state index contributed by atoms with van der Waals surface area (Å²) in [5, 5.41) is 22.1. The zero-order chi connectivity index (χ0) is 26.9. The van der Waals surface area contributed by atoms with Crippen LogP contribution in [0.3, 0.4) is 0 Å². The van der Waals surface area contributed by atoms with Gasteiger partial charge in [0.25, 0.3) is 11.7 Å². The first-order valence-corrected chi connectivity index (χ1v) is 11.3. The van der Waals surface area contributed by atoms with Crippen LogP contribution in [0.4, 0.5) is 5.69 Å². The number of carbonyl (C=O) groups is 2. The molecular weight excluding hydrogens is 478 g/mol. The number of aromatic hydroxyl groups is 1. The van der Waals surface area contributed by atoms with Crippen molar-refractivity contribution in [3.63, 3.8) is 0 Å². The molecule has 1 amide bonds. The van der Waals surface area contributed by atoms with E-state index in [-0.39, 0.29) is 22.8 Å². The summed E-state index contributed by atoms with van der Waals surface area (Å²) in [6, 6.07) is 13.2. The van der Waals surface area contributed by atoms with Gasteiger partial charge in [-0.25, -0.2) is 0 Å². The second-order valence-electron chi connectivity index (χ2n) is 8.30. The number of phenols is 1. The van der Waals surface area contributed by atoms with Crippen molar-refractivity contribution in [3.8, 4) is 28.7 Å². The number of amides is 1. The van der Waals surface area contributed by atoms with E-state index in [4.69, 9.17) is 18.9 Å². The normalized spacial score (nSPS) is 16.6. The molecule has 0 spiro atoms. The molecule has 3 aromatic carbocycles. The number of para-hydroxylation sites is 2. The van der Waals surface area contributed by atoms with E-state index in [9.17, 15) is 19.8 Å². The molecule has 1 saturated heterocycles. The lowest BCUT2D eigenvalue weighted by atomic mass is 9.93. The molecule has 1 fully saturated rings. The monoisotopic (exact) mass is 505 g/mol. The quantitative estimate of drug-likeness (QED) is 0.277. The number of nitrogens with zero attached hydrogens (tertiary/aromatic N) is 1. The molecule has 4 rings (SSSR count). The Hall–Kier alpha value is -4.66. The molecule has 1 atom stereocenters. The zero-order valence-corrected chi connectivity index (χ0v) is 21.1. The first-order chi connectivity index (χ1) is 17.8. The lowest BCUT2D eigenvalue weighted by Crippen LogP contribution is -2.29. The number of hydrogen-bond donors (Lipinski definition) is 2. The number of aliphatic hydroxyl groups is 1. The van der Waals surface area contributed by atoms with Gasteiger partial charge in [-0.15, -0.1) is 0 Å². The van der Waals surface area contributed by atoms with Gasteiger partial charge >= 0.3 is 0 Å². The van der Waals surface area contributed by atoms with Crippen LogP contribution in [0.1, 0.15) is 22.7 Å². The number of aliphatic hydroxyl groups excluding tert-OH is 1. The number of phenolic OH excluding ortho intramolecular Hbond substituents is 1. The van der Waals surface area contributed by atoms with Crippen molar-refractivity contribution in [1.82, 2.24) is 0 Å². The van der Waals surface area contributed by atoms with Gasteiger partial charge in [-0.1, -0.05) is 12.1 Å². The minimum absolute atomic E-state index is 0.105. The van der Waals surface area contributed by atoms with Gasteiger partial charge < -0.3 is 29.2 Å². The molecule has 0 radical (unpaired) electrons. The molecular formula is C28H27NO8. The predicted octanol–water partition coefficient (Wildman–Crippen LogP) is 4.36. The molecule has 9 heteroatoms. The number of ether oxygens (including phenoxy) is 4. The Labute approximate surface area is 214 Å². The molecule has 37 heavy (non-hydrogen) atoms. The van der Waals surface area contributed by atoms with E-state index in [1.165, 1.54) is 40.6 Å². The summed E-state index contributed by atoms with van der Waals surface area (Å²) in [5.41, 5.74) is 1.33. The largest absolute Gasteiger partial charge is 0.507 e. The summed E-state index contributed by atoms with van der Waals surface area (Å²) in [5.74, 6) is -0.912. The lowest BCUT2D eigenvalue weighted by Gasteiger charge is -2.27. The highest BCUT2D eigenvalue weighted by atomic mass is 16.5. The van der Waals surface area contributed by atoms with Crippen LogP contribution in [-0.2, 0) is 9.59 Å². The minimum atomic E-state index is -1.12. The Morgan fingerprint density at radius 3 is 2.05 bits per heavy atom. The number of anilines is 1. The maximum atomic E-state index is 13.5. The molecule has 1 heterocycles. The highest BCUT2D eigenvalue weighted by Crippen LogP contribution is 2.48. The van der Waals surface area contributed by atoms with Crippen molar-refractivity contribution in [2.75, 3.05) is 33.3 Å². The summed E-state index contributed by atoms with van der Waals surface area (Å²) in [4.78, 5) is 28.0. The van der Waals surface area contributed by atoms with E-state index in [2.05, 4.69) is 0 Å². The molecule has 0 aliphatic carbocycles. The second kappa shape index (κ2) is 10.1. The number of rotatable bonds is 7. The third kappa shape index (κ3) is 4.29. The molecule has 1 aliphatic heterocycles. The van der Waals surface area contributed by atoms with Gasteiger partial charge in [-0.05, 0) is 60.5 Å². The summed E-state index contributed by atoms with van der Waals surface area (Å²) in [7, 11) is 5.88. The Balaban J connectivity index is 2.04. The van der Waals surface area contributed by atoms with Crippen molar-refractivity contribution < 1.29 is 38.7 Å². The minimum Gasteiger partial charge on any atom is -0.507 e. The second-order valence-corrected chi connectivity index (χ2v) is 8.30. The van der Waals surface area contributed by atoms with E-state index in [0.29, 0.717) is 39.7 Å². The molecule has 3 aromatic rings. The molecule has 0 aromatic heterocycles. The third-order valence-electron chi connectivity index (χ3n) is 6.28. The highest BCUT2D eigenvalue weighted by Gasteiger charge is 2.48. The maximum absolute atomic E-state index is 13.5. The Kier molecular flexibility index (Phi) is 6.97. The molecule has 1 aliphatic rings. The van der Waals surface area contributed by atoms with Crippen LogP contribution in [0.2, 0.25) is 0 Å². The van der Waals surface area contributed by atoms with Crippen LogP contribution >= 0.6 is 0 Å². The van der Waals surface area contributed by atoms with Gasteiger partial charge in [0, 0.05) is 5.56 Å². The SMILES string of the molecule is COc1ccc(/C(O)=C2\C(=O)C(=O)N(c3ccccc3O)C2c2cc(OC)c(OC)c(OC)c2)c(C)c1. The summed E-state index contributed by atoms with van der Waals surface area (Å²) < 4.78 is 21.6. The number of ketones is 1. The zero-order valence-electron chi connectivity index (χ0n) is 21.1. The fraction of sp³-hybridized carbons (Fsp3) is 0.214. The molecule has 1 unspecified atom stereocenters. The maximum Gasteiger partial charge on any atom is 0.300 e. The van der Waals surface area contributed by atoms with Crippen molar-refractivity contribution in [1.29, 1.82) is 0 Å². The fourth-order valence-corrected chi connectivity index (χ4v) is 4.50. The topological polar surface area (TPSA) is 115 Å². The summed E-state index contributed by atoms with van der Waals surface area (Å²) in [6.07, 6.45) is 0. The van der Waals surface area contributed by atoms with Gasteiger partial charge in [0.1, 0.15) is 17.3 Å². The average Bonchev–Trinajstić information content (AvgIpc) is 3.17. The van der Waals surface area contributed by atoms with Crippen LogP contribution in [0.25, 0.3) is 5.76 Å². The molecule has 0 saturated carbocycles. The average molecular weight is 506 g/mol. The fourth-order valence-electron chi connectivity index (χ4n) is 4.50. The number of benzene rings is 3. The van der Waals surface area contributed by atoms with Crippen LogP contribution in [-0.4, -0.2) is 50.3 Å². The van der Waals surface area contributed by atoms with E-state index >= 15 is 0 Å². The standard InChI is InChI=1S/C28H27NO8/c1-15-12-17(34-2)10-11-18(15)25(31)23-24(16-13-21(35-3)27(37-5)22(14-16)36-4)29(28(33)26(23)32)19-8-6-7-9-20(19)30/h6-14,24,30-31H,1-5H3/b25-23+. The van der Waals surface area contributed by atoms with Gasteiger partial charge in [0.15, 0.2) is 11.5 Å². The summed E-state index contributed by atoms with van der Waals surface area (Å²) >= 11 is 0. The van der Waals surface area contributed by atoms with Crippen molar-refractivity contribution >= 4 is 23.1 Å². The number of aryl methyl sites for hydroxylation is 1. The van der Waals surface area contributed by atoms with Crippen molar-refractivity contribution in [2.24, 2.45) is 0 Å². The van der Waals surface area contributed by atoms with Crippen LogP contribution in [0.5, 0.6) is 28.7 Å². The molecule has 192 valence electrons. The van der Waals surface area contributed by atoms with E-state index in [0.717, 1.165) is 4.90 Å². The first kappa shape index (κ1) is 25.4. The first-order valence-electron chi connectivity index (χ1n) is 11.3. The van der Waals surface area contributed by atoms with Gasteiger partial charge in [0.05, 0.1) is 45.7 Å². The van der Waals surface area contributed by atoms with Gasteiger partial charge in [-0.2, -0.15) is 0 Å². The Bertz CT molecular complexity index is 1390. The third-order valence-corrected chi connectivity index (χ3v) is 6.28. The number of Topliss-reactive ketones (excluding diaryl/α,β-unsaturated/α-hetero) is 1. The Morgan fingerprint density at radius 2 is 1.51 bits per heavy atom. The van der Waals surface area contributed by atoms with E-state index < -0.39 is 17.7 Å². The number of hydrogen-bond acceptors (Lipinski definition) is 8.